The molecule has 2 amide bonds. The predicted molar refractivity (Wildman–Crippen MR) is 334 cm³/mol. The molecule has 16 heteroatoms. The van der Waals surface area contributed by atoms with Crippen molar-refractivity contribution in [3.8, 4) is 0 Å². The first-order valence-corrected chi connectivity index (χ1v) is 30.8. The number of carbonyl (C=O) groups is 3. The zero-order valence-corrected chi connectivity index (χ0v) is 50.1. The highest BCUT2D eigenvalue weighted by atomic mass is 31.2. The van der Waals surface area contributed by atoms with Gasteiger partial charge in [-0.2, -0.15) is 0 Å². The molecular formula is C71H77N2O13P. The van der Waals surface area contributed by atoms with Crippen molar-refractivity contribution in [1.82, 2.24) is 10.1 Å². The highest BCUT2D eigenvalue weighted by molar-refractivity contribution is 7.61. The summed E-state index contributed by atoms with van der Waals surface area (Å²) in [5, 5.41) is 2.40. The van der Waals surface area contributed by atoms with Crippen LogP contribution < -0.4 is 0 Å². The Morgan fingerprint density at radius 1 is 0.356 bits per heavy atom. The summed E-state index contributed by atoms with van der Waals surface area (Å²) >= 11 is 0. The third-order valence-corrected chi connectivity index (χ3v) is 15.1. The smallest absolute Gasteiger partial charge is 0.233 e. The number of benzene rings is 8. The lowest BCUT2D eigenvalue weighted by Gasteiger charge is -2.34. The molecule has 7 atom stereocenters. The first-order valence-electron chi connectivity index (χ1n) is 28.7. The molecule has 8 aromatic carbocycles. The number of carbonyl (C=O) groups excluding carboxylic acids is 3. The average molecular weight is 1200 g/mol. The molecule has 0 aromatic heterocycles. The predicted octanol–water partition coefficient (Wildman–Crippen LogP) is 12.9. The number of hydroxylamine groups is 4. The van der Waals surface area contributed by atoms with Crippen molar-refractivity contribution < 1.29 is 61.6 Å². The second-order valence-electron chi connectivity index (χ2n) is 20.2. The van der Waals surface area contributed by atoms with E-state index in [-0.39, 0.29) is 65.9 Å². The van der Waals surface area contributed by atoms with Gasteiger partial charge in [0.25, 0.3) is 0 Å². The third-order valence-electron chi connectivity index (χ3n) is 13.6. The molecular weight excluding hydrogens is 1120 g/mol. The Balaban J connectivity index is 0.000000250. The minimum absolute atomic E-state index is 0.0155. The molecule has 8 rings (SSSR count). The normalized spacial score (nSPS) is 14.0. The molecule has 0 radical (unpaired) electrons. The number of hydrogen-bond acceptors (Lipinski definition) is 13. The Hall–Kier alpha value is -8.02. The standard InChI is InChI=1S/C37H42NO7P.C34H35NO6/c1-41-46(2,40)24-23-35(42-26-31-15-7-3-8-16-31)37(44-28-33-19-11-5-12-20-33)36(43-27-32-17-9-4-10-18-32)25-38(30-39)45-29-34-21-13-6-14-22-34;36-22-33(39-24-29-15-7-2-8-16-29)34(40-25-30-17-9-3-10-18-30)32(38-23-28-13-5-1-6-14-28)21-35(27-37)41-26-31-19-11-4-12-20-31/h3-24,30,35-37H,25-29H2,1-2H3;1-20,22,27,32-34H,21,23-26H2/b24-23+;/t35-,36-,37-,46?;32-,33-,34+/m11/s1. The molecule has 87 heavy (non-hydrogen) atoms. The van der Waals surface area contributed by atoms with E-state index in [4.69, 9.17) is 42.6 Å². The summed E-state index contributed by atoms with van der Waals surface area (Å²) in [6.45, 7) is 3.41. The van der Waals surface area contributed by atoms with E-state index in [9.17, 15) is 18.9 Å². The van der Waals surface area contributed by atoms with Crippen LogP contribution in [0.15, 0.2) is 255 Å². The van der Waals surface area contributed by atoms with Gasteiger partial charge >= 0.3 is 0 Å². The maximum atomic E-state index is 13.0. The molecule has 0 aliphatic rings. The Morgan fingerprint density at radius 3 is 0.885 bits per heavy atom. The summed E-state index contributed by atoms with van der Waals surface area (Å²) in [5.41, 5.74) is 7.47. The topological polar surface area (TPSA) is 158 Å². The number of amides is 2. The fourth-order valence-corrected chi connectivity index (χ4v) is 9.40. The molecule has 0 aliphatic carbocycles. The van der Waals surface area contributed by atoms with Gasteiger partial charge in [-0.15, -0.1) is 0 Å². The van der Waals surface area contributed by atoms with E-state index in [1.165, 1.54) is 29.7 Å². The Labute approximate surface area is 511 Å². The van der Waals surface area contributed by atoms with Gasteiger partial charge in [0.05, 0.1) is 52.7 Å². The van der Waals surface area contributed by atoms with Crippen molar-refractivity contribution in [3.05, 3.63) is 299 Å². The maximum absolute atomic E-state index is 13.0. The first kappa shape index (κ1) is 66.5. The summed E-state index contributed by atoms with van der Waals surface area (Å²) in [6.07, 6.45) is -1.12. The van der Waals surface area contributed by atoms with Gasteiger partial charge in [-0.3, -0.25) is 23.8 Å². The quantitative estimate of drug-likeness (QED) is 0.0205. The zero-order valence-electron chi connectivity index (χ0n) is 49.2. The van der Waals surface area contributed by atoms with Gasteiger partial charge < -0.3 is 37.7 Å². The van der Waals surface area contributed by atoms with Crippen molar-refractivity contribution in [2.75, 3.05) is 26.9 Å². The molecule has 1 unspecified atom stereocenters. The minimum Gasteiger partial charge on any atom is -0.369 e. The molecule has 15 nitrogen and oxygen atoms in total. The Morgan fingerprint density at radius 2 is 0.609 bits per heavy atom. The molecule has 0 saturated carbocycles. The summed E-state index contributed by atoms with van der Waals surface area (Å²) in [7, 11) is -1.65. The fraction of sp³-hybridized carbons (Fsp3) is 0.254. The number of nitrogens with zero attached hydrogens (tertiary/aromatic N) is 2. The van der Waals surface area contributed by atoms with Crippen LogP contribution in [0.3, 0.4) is 0 Å². The molecule has 8 aromatic rings. The van der Waals surface area contributed by atoms with Crippen LogP contribution in [0.4, 0.5) is 0 Å². The number of ether oxygens (including phenoxy) is 6. The van der Waals surface area contributed by atoms with E-state index in [1.807, 2.05) is 243 Å². The van der Waals surface area contributed by atoms with Crippen LogP contribution in [-0.2, 0) is 114 Å². The van der Waals surface area contributed by atoms with Gasteiger partial charge in [-0.1, -0.05) is 243 Å². The second-order valence-corrected chi connectivity index (χ2v) is 22.7. The highest BCUT2D eigenvalue weighted by Crippen LogP contribution is 2.43. The summed E-state index contributed by atoms with van der Waals surface area (Å²) in [6, 6.07) is 77.4. The van der Waals surface area contributed by atoms with Crippen molar-refractivity contribution >= 4 is 26.5 Å². The molecule has 454 valence electrons. The summed E-state index contributed by atoms with van der Waals surface area (Å²) in [5.74, 6) is 1.53. The number of rotatable bonds is 38. The van der Waals surface area contributed by atoms with E-state index in [0.29, 0.717) is 12.8 Å². The van der Waals surface area contributed by atoms with Gasteiger partial charge in [0.2, 0.25) is 20.2 Å². The lowest BCUT2D eigenvalue weighted by Crippen LogP contribution is -2.48. The van der Waals surface area contributed by atoms with Gasteiger partial charge in [-0.25, -0.2) is 10.1 Å². The lowest BCUT2D eigenvalue weighted by atomic mass is 10.1. The van der Waals surface area contributed by atoms with Crippen LogP contribution in [-0.4, -0.2) is 92.7 Å². The Kier molecular flexibility index (Phi) is 29.2. The molecule has 0 spiro atoms. The van der Waals surface area contributed by atoms with Crippen LogP contribution in [0.2, 0.25) is 0 Å². The third kappa shape index (κ3) is 24.7. The number of hydrogen-bond donors (Lipinski definition) is 0. The van der Waals surface area contributed by atoms with Gasteiger partial charge in [0, 0.05) is 13.8 Å². The minimum atomic E-state index is -3.06. The van der Waals surface area contributed by atoms with Crippen molar-refractivity contribution in [2.24, 2.45) is 0 Å². The SMILES string of the molecule is COP(C)(=O)/C=C/[C@@H](OCc1ccccc1)[C@@H](OCc1ccccc1)[C@@H](CN(C=O)OCc1ccccc1)OCc1ccccc1.O=C[C@@H](OCc1ccccc1)[C@@H](OCc1ccccc1)[C@@H](CN(C=O)OCc1ccccc1)OCc1ccccc1. The van der Waals surface area contributed by atoms with Crippen molar-refractivity contribution in [1.29, 1.82) is 0 Å². The molecule has 0 N–H and O–H groups in total. The van der Waals surface area contributed by atoms with E-state index in [2.05, 4.69) is 0 Å². The average Bonchev–Trinajstić information content (AvgIpc) is 3.69. The zero-order chi connectivity index (χ0) is 61.0. The van der Waals surface area contributed by atoms with Crippen LogP contribution in [0.25, 0.3) is 0 Å². The van der Waals surface area contributed by atoms with E-state index in [0.717, 1.165) is 50.8 Å². The molecule has 0 aliphatic heterocycles. The largest absolute Gasteiger partial charge is 0.369 e. The van der Waals surface area contributed by atoms with Gasteiger partial charge in [0.15, 0.2) is 6.29 Å². The van der Waals surface area contributed by atoms with E-state index < -0.39 is 44.0 Å². The second kappa shape index (κ2) is 38.2. The monoisotopic (exact) mass is 1200 g/mol. The van der Waals surface area contributed by atoms with Crippen LogP contribution in [0.5, 0.6) is 0 Å². The van der Waals surface area contributed by atoms with Gasteiger partial charge in [-0.05, 0) is 56.4 Å². The van der Waals surface area contributed by atoms with Crippen LogP contribution in [0, 0.1) is 0 Å². The lowest BCUT2D eigenvalue weighted by molar-refractivity contribution is -0.207. The first-order chi connectivity index (χ1) is 42.7. The number of aldehydes is 1. The Bertz CT molecular complexity index is 3200. The molecule has 0 saturated heterocycles. The summed E-state index contributed by atoms with van der Waals surface area (Å²) < 4.78 is 56.6. The van der Waals surface area contributed by atoms with Crippen LogP contribution in [0.1, 0.15) is 44.5 Å². The van der Waals surface area contributed by atoms with E-state index >= 15 is 0 Å². The highest BCUT2D eigenvalue weighted by Gasteiger charge is 2.36. The summed E-state index contributed by atoms with van der Waals surface area (Å²) in [4.78, 5) is 48.6. The van der Waals surface area contributed by atoms with Crippen molar-refractivity contribution in [2.45, 2.75) is 89.5 Å². The van der Waals surface area contributed by atoms with Crippen LogP contribution >= 0.6 is 7.37 Å². The fourth-order valence-electron chi connectivity index (χ4n) is 8.80. The van der Waals surface area contributed by atoms with Crippen molar-refractivity contribution in [3.63, 3.8) is 0 Å². The maximum Gasteiger partial charge on any atom is 0.233 e. The molecule has 0 heterocycles. The van der Waals surface area contributed by atoms with E-state index in [1.54, 1.807) is 6.08 Å². The molecule has 0 bridgehead atoms. The molecule has 0 fully saturated rings. The van der Waals surface area contributed by atoms with Gasteiger partial charge in [0.1, 0.15) is 49.8 Å².